The van der Waals surface area contributed by atoms with Gasteiger partial charge in [-0.15, -0.1) is 0 Å². The second kappa shape index (κ2) is 6.51. The van der Waals surface area contributed by atoms with E-state index in [9.17, 15) is 17.0 Å². The van der Waals surface area contributed by atoms with Crippen molar-refractivity contribution >= 4 is 20.8 Å². The zero-order chi connectivity index (χ0) is 15.6. The first-order valence-corrected chi connectivity index (χ1v) is 9.58. The number of nitrogens with one attached hydrogen (secondary N) is 1. The van der Waals surface area contributed by atoms with E-state index in [1.54, 1.807) is 7.05 Å². The summed E-state index contributed by atoms with van der Waals surface area (Å²) in [5.74, 6) is 0.135. The molecule has 0 radical (unpaired) electrons. The van der Waals surface area contributed by atoms with Crippen LogP contribution in [0.15, 0.2) is 17.0 Å². The summed E-state index contributed by atoms with van der Waals surface area (Å²) in [5.41, 5.74) is 0.710. The molecule has 0 bridgehead atoms. The lowest BCUT2D eigenvalue weighted by atomic mass is 10.1. The quantitative estimate of drug-likeness (QED) is 0.876. The number of sulfonamides is 1. The normalized spacial score (nSPS) is 18.0. The molecule has 1 aliphatic heterocycles. The molecule has 1 aromatic rings. The van der Waals surface area contributed by atoms with Crippen LogP contribution < -0.4 is 5.32 Å². The van der Waals surface area contributed by atoms with Crippen molar-refractivity contribution in [2.24, 2.45) is 0 Å². The monoisotopic (exact) mass is 334 g/mol. The average Bonchev–Trinajstić information content (AvgIpc) is 2.43. The summed E-state index contributed by atoms with van der Waals surface area (Å²) in [6.07, 6.45) is 0. The van der Waals surface area contributed by atoms with E-state index in [1.807, 2.05) is 0 Å². The summed E-state index contributed by atoms with van der Waals surface area (Å²) >= 11 is 0. The zero-order valence-corrected chi connectivity index (χ0v) is 13.7. The van der Waals surface area contributed by atoms with Crippen molar-refractivity contribution in [3.8, 4) is 0 Å². The predicted molar refractivity (Wildman–Crippen MR) is 80.5 cm³/mol. The van der Waals surface area contributed by atoms with Crippen LogP contribution in [0.4, 0.5) is 4.39 Å². The Morgan fingerprint density at radius 1 is 1.33 bits per heavy atom. The highest BCUT2D eigenvalue weighted by molar-refractivity contribution is 7.89. The van der Waals surface area contributed by atoms with Gasteiger partial charge in [-0.3, -0.25) is 4.21 Å². The van der Waals surface area contributed by atoms with E-state index in [1.165, 1.54) is 23.4 Å². The number of benzene rings is 1. The van der Waals surface area contributed by atoms with Crippen LogP contribution in [0.2, 0.25) is 0 Å². The Kier molecular flexibility index (Phi) is 5.13. The van der Waals surface area contributed by atoms with Gasteiger partial charge in [0.25, 0.3) is 0 Å². The first-order valence-electron chi connectivity index (χ1n) is 6.65. The first kappa shape index (κ1) is 16.5. The molecule has 0 amide bonds. The largest absolute Gasteiger partial charge is 0.316 e. The van der Waals surface area contributed by atoms with E-state index in [0.29, 0.717) is 23.6 Å². The molecule has 5 nitrogen and oxygen atoms in total. The van der Waals surface area contributed by atoms with E-state index in [2.05, 4.69) is 5.32 Å². The topological polar surface area (TPSA) is 66.5 Å². The van der Waals surface area contributed by atoms with Crippen LogP contribution in [-0.4, -0.2) is 48.6 Å². The van der Waals surface area contributed by atoms with Gasteiger partial charge < -0.3 is 5.32 Å². The van der Waals surface area contributed by atoms with Gasteiger partial charge in [0.2, 0.25) is 10.0 Å². The van der Waals surface area contributed by atoms with Gasteiger partial charge in [0.1, 0.15) is 5.82 Å². The van der Waals surface area contributed by atoms with Gasteiger partial charge >= 0.3 is 0 Å². The summed E-state index contributed by atoms with van der Waals surface area (Å²) in [6.45, 7) is 2.29. The molecule has 21 heavy (non-hydrogen) atoms. The van der Waals surface area contributed by atoms with Crippen LogP contribution in [-0.2, 0) is 27.4 Å². The van der Waals surface area contributed by atoms with Crippen molar-refractivity contribution < 1.29 is 17.0 Å². The molecule has 8 heteroatoms. The van der Waals surface area contributed by atoms with E-state index in [0.717, 1.165) is 0 Å². The molecular formula is C13H19FN2O3S2. The molecule has 1 saturated heterocycles. The second-order valence-electron chi connectivity index (χ2n) is 4.98. The molecule has 1 heterocycles. The van der Waals surface area contributed by atoms with Gasteiger partial charge in [0.05, 0.1) is 4.90 Å². The van der Waals surface area contributed by atoms with Gasteiger partial charge in [0, 0.05) is 47.5 Å². The van der Waals surface area contributed by atoms with Crippen LogP contribution in [0.3, 0.4) is 0 Å². The predicted octanol–water partition coefficient (Wildman–Crippen LogP) is 0.607. The Bertz CT molecular complexity index is 652. The maximum absolute atomic E-state index is 14.0. The van der Waals surface area contributed by atoms with Crippen molar-refractivity contribution in [1.29, 1.82) is 0 Å². The smallest absolute Gasteiger partial charge is 0.243 e. The van der Waals surface area contributed by atoms with E-state index < -0.39 is 26.6 Å². The lowest BCUT2D eigenvalue weighted by Crippen LogP contribution is -2.42. The minimum atomic E-state index is -3.75. The van der Waals surface area contributed by atoms with Crippen LogP contribution in [0.1, 0.15) is 11.1 Å². The van der Waals surface area contributed by atoms with Crippen LogP contribution in [0, 0.1) is 12.7 Å². The summed E-state index contributed by atoms with van der Waals surface area (Å²) in [7, 11) is -2.99. The lowest BCUT2D eigenvalue weighted by molar-refractivity contribution is 0.437. The number of nitrogens with zero attached hydrogens (tertiary/aromatic N) is 1. The highest BCUT2D eigenvalue weighted by atomic mass is 32.2. The van der Waals surface area contributed by atoms with Gasteiger partial charge in [-0.05, 0) is 31.7 Å². The number of rotatable bonds is 4. The number of halogens is 1. The van der Waals surface area contributed by atoms with E-state index >= 15 is 0 Å². The first-order chi connectivity index (χ1) is 9.86. The fraction of sp³-hybridized carbons (Fsp3) is 0.538. The van der Waals surface area contributed by atoms with Crippen molar-refractivity contribution in [2.45, 2.75) is 18.4 Å². The van der Waals surface area contributed by atoms with Crippen LogP contribution in [0.5, 0.6) is 0 Å². The molecule has 1 aliphatic rings. The van der Waals surface area contributed by atoms with Crippen LogP contribution >= 0.6 is 0 Å². The third-order valence-corrected chi connectivity index (χ3v) is 6.79. The summed E-state index contributed by atoms with van der Waals surface area (Å²) in [4.78, 5) is 0.000400. The highest BCUT2D eigenvalue weighted by Crippen LogP contribution is 2.24. The number of hydrogen-bond acceptors (Lipinski definition) is 4. The minimum absolute atomic E-state index is 0.000400. The molecule has 1 N–H and O–H groups in total. The molecule has 0 spiro atoms. The molecule has 0 unspecified atom stereocenters. The van der Waals surface area contributed by atoms with Crippen molar-refractivity contribution in [2.75, 3.05) is 31.6 Å². The maximum atomic E-state index is 14.0. The second-order valence-corrected chi connectivity index (χ2v) is 8.59. The van der Waals surface area contributed by atoms with Crippen LogP contribution in [0.25, 0.3) is 0 Å². The van der Waals surface area contributed by atoms with Crippen molar-refractivity contribution in [3.63, 3.8) is 0 Å². The maximum Gasteiger partial charge on any atom is 0.243 e. The molecule has 2 rings (SSSR count). The van der Waals surface area contributed by atoms with Gasteiger partial charge in [-0.1, -0.05) is 0 Å². The average molecular weight is 334 g/mol. The lowest BCUT2D eigenvalue weighted by Gasteiger charge is -2.26. The third-order valence-electron chi connectivity index (χ3n) is 3.49. The Balaban J connectivity index is 2.41. The van der Waals surface area contributed by atoms with Crippen molar-refractivity contribution in [1.82, 2.24) is 9.62 Å². The van der Waals surface area contributed by atoms with Gasteiger partial charge in [-0.2, -0.15) is 4.31 Å². The zero-order valence-electron chi connectivity index (χ0n) is 12.1. The fourth-order valence-corrected chi connectivity index (χ4v) is 5.29. The third kappa shape index (κ3) is 3.50. The summed E-state index contributed by atoms with van der Waals surface area (Å²) in [6, 6.07) is 2.85. The van der Waals surface area contributed by atoms with Gasteiger partial charge in [-0.25, -0.2) is 12.8 Å². The fourth-order valence-electron chi connectivity index (χ4n) is 2.28. The molecule has 0 saturated carbocycles. The Morgan fingerprint density at radius 2 is 1.95 bits per heavy atom. The van der Waals surface area contributed by atoms with E-state index in [-0.39, 0.29) is 23.5 Å². The van der Waals surface area contributed by atoms with E-state index in [4.69, 9.17) is 0 Å². The molecule has 1 aromatic carbocycles. The Morgan fingerprint density at radius 3 is 2.52 bits per heavy atom. The Labute approximate surface area is 127 Å². The molecular weight excluding hydrogens is 315 g/mol. The molecule has 0 aromatic heterocycles. The molecule has 0 aliphatic carbocycles. The standard InChI is InChI=1S/C13H19FN2O3S2/c1-10-12(14)7-11(9-15-2)8-13(10)21(18,19)16-3-5-20(17)6-4-16/h7-8,15H,3-6,9H2,1-2H3. The molecule has 1 fully saturated rings. The molecule has 0 atom stereocenters. The van der Waals surface area contributed by atoms with Gasteiger partial charge in [0.15, 0.2) is 0 Å². The SMILES string of the molecule is CNCc1cc(F)c(C)c(S(=O)(=O)N2CCS(=O)CC2)c1. The minimum Gasteiger partial charge on any atom is -0.316 e. The summed E-state index contributed by atoms with van der Waals surface area (Å²) < 4.78 is 51.9. The molecule has 118 valence electrons. The summed E-state index contributed by atoms with van der Waals surface area (Å²) in [5, 5.41) is 2.88. The Hall–Kier alpha value is -0.830. The number of hydrogen-bond donors (Lipinski definition) is 1. The van der Waals surface area contributed by atoms with Crippen molar-refractivity contribution in [3.05, 3.63) is 29.1 Å². The highest BCUT2D eigenvalue weighted by Gasteiger charge is 2.30.